The van der Waals surface area contributed by atoms with Crippen molar-refractivity contribution in [1.29, 1.82) is 0 Å². The maximum atomic E-state index is 12.3. The Bertz CT molecular complexity index is 669. The summed E-state index contributed by atoms with van der Waals surface area (Å²) in [5.74, 6) is -0.512. The van der Waals surface area contributed by atoms with Crippen molar-refractivity contribution in [2.75, 3.05) is 13.2 Å². The first kappa shape index (κ1) is 18.7. The highest BCUT2D eigenvalue weighted by molar-refractivity contribution is 5.81. The summed E-state index contributed by atoms with van der Waals surface area (Å²) in [4.78, 5) is 37.0. The number of carbonyl (C=O) groups is 3. The van der Waals surface area contributed by atoms with Crippen molar-refractivity contribution >= 4 is 23.9 Å². The van der Waals surface area contributed by atoms with Crippen LogP contribution in [-0.2, 0) is 19.1 Å². The second kappa shape index (κ2) is 9.01. The molecule has 0 radical (unpaired) electrons. The molecule has 2 rings (SSSR count). The summed E-state index contributed by atoms with van der Waals surface area (Å²) in [6.07, 6.45) is 4.60. The van der Waals surface area contributed by atoms with Gasteiger partial charge in [-0.2, -0.15) is 0 Å². The topological polar surface area (TPSA) is 75.7 Å². The minimum absolute atomic E-state index is 0.106. The molecule has 134 valence electrons. The fourth-order valence-electron chi connectivity index (χ4n) is 2.85. The predicted octanol–water partition coefficient (Wildman–Crippen LogP) is 2.41. The molecule has 6 heteroatoms. The number of carbonyl (C=O) groups excluding carboxylic acids is 3. The molecule has 0 saturated carbocycles. The number of rotatable bonds is 7. The number of hydrogen-bond acceptors (Lipinski definition) is 4. The van der Waals surface area contributed by atoms with Crippen molar-refractivity contribution in [2.45, 2.75) is 39.2 Å². The molecule has 0 aromatic heterocycles. The molecule has 1 atom stereocenters. The summed E-state index contributed by atoms with van der Waals surface area (Å²) >= 11 is 0. The van der Waals surface area contributed by atoms with Gasteiger partial charge in [-0.05, 0) is 30.5 Å². The van der Waals surface area contributed by atoms with Crippen molar-refractivity contribution < 1.29 is 19.1 Å². The molecule has 1 aliphatic heterocycles. The summed E-state index contributed by atoms with van der Waals surface area (Å²) in [6, 6.07) is 7.42. The van der Waals surface area contributed by atoms with Crippen LogP contribution in [0.2, 0.25) is 0 Å². The molecule has 1 aromatic carbocycles. The van der Waals surface area contributed by atoms with Gasteiger partial charge in [0, 0.05) is 26.1 Å². The molecule has 25 heavy (non-hydrogen) atoms. The van der Waals surface area contributed by atoms with E-state index < -0.39 is 0 Å². The van der Waals surface area contributed by atoms with Crippen LogP contribution in [-0.4, -0.2) is 35.8 Å². The van der Waals surface area contributed by atoms with Crippen LogP contribution in [0.25, 0.3) is 6.08 Å². The quantitative estimate of drug-likeness (QED) is 0.609. The van der Waals surface area contributed by atoms with Gasteiger partial charge in [-0.3, -0.25) is 14.4 Å². The van der Waals surface area contributed by atoms with Gasteiger partial charge in [-0.1, -0.05) is 24.3 Å². The van der Waals surface area contributed by atoms with Gasteiger partial charge < -0.3 is 15.0 Å². The van der Waals surface area contributed by atoms with E-state index in [1.54, 1.807) is 18.0 Å². The molecule has 2 amide bonds. The zero-order valence-corrected chi connectivity index (χ0v) is 14.7. The molecule has 1 aromatic rings. The molecular weight excluding hydrogens is 320 g/mol. The average Bonchev–Trinajstić information content (AvgIpc) is 2.59. The van der Waals surface area contributed by atoms with Gasteiger partial charge in [0.1, 0.15) is 0 Å². The molecule has 6 nitrogen and oxygen atoms in total. The van der Waals surface area contributed by atoms with Gasteiger partial charge >= 0.3 is 5.97 Å². The van der Waals surface area contributed by atoms with Crippen LogP contribution in [0.3, 0.4) is 0 Å². The summed E-state index contributed by atoms with van der Waals surface area (Å²) in [5, 5.41) is 2.81. The smallest absolute Gasteiger partial charge is 0.305 e. The highest BCUT2D eigenvalue weighted by Gasteiger charge is 2.27. The molecular formula is C19H24N2O4. The number of hydrogen-bond donors (Lipinski definition) is 1. The van der Waals surface area contributed by atoms with Gasteiger partial charge in [0.2, 0.25) is 11.8 Å². The average molecular weight is 344 g/mol. The van der Waals surface area contributed by atoms with Crippen molar-refractivity contribution in [3.63, 3.8) is 0 Å². The first-order chi connectivity index (χ1) is 12.0. The van der Waals surface area contributed by atoms with E-state index in [9.17, 15) is 14.4 Å². The Morgan fingerprint density at radius 3 is 2.72 bits per heavy atom. The van der Waals surface area contributed by atoms with Gasteiger partial charge in [0.25, 0.3) is 0 Å². The Labute approximate surface area is 147 Å². The number of benzene rings is 1. The first-order valence-corrected chi connectivity index (χ1v) is 8.51. The summed E-state index contributed by atoms with van der Waals surface area (Å²) in [6.45, 7) is 4.02. The van der Waals surface area contributed by atoms with Crippen molar-refractivity contribution in [1.82, 2.24) is 10.2 Å². The Morgan fingerprint density at radius 1 is 1.24 bits per heavy atom. The van der Waals surface area contributed by atoms with E-state index in [0.29, 0.717) is 19.6 Å². The number of esters is 1. The lowest BCUT2D eigenvalue weighted by molar-refractivity contribution is -0.143. The Hall–Kier alpha value is -2.63. The lowest BCUT2D eigenvalue weighted by Gasteiger charge is -2.32. The third kappa shape index (κ3) is 5.17. The molecule has 0 saturated heterocycles. The second-order valence-electron chi connectivity index (χ2n) is 5.85. The van der Waals surface area contributed by atoms with Crippen molar-refractivity contribution in [3.8, 4) is 0 Å². The molecule has 1 heterocycles. The van der Waals surface area contributed by atoms with Crippen LogP contribution < -0.4 is 5.32 Å². The largest absolute Gasteiger partial charge is 0.466 e. The first-order valence-electron chi connectivity index (χ1n) is 8.51. The minimum atomic E-state index is -0.316. The van der Waals surface area contributed by atoms with Gasteiger partial charge in [-0.25, -0.2) is 0 Å². The fourth-order valence-corrected chi connectivity index (χ4v) is 2.85. The van der Waals surface area contributed by atoms with E-state index in [1.165, 1.54) is 6.92 Å². The lowest BCUT2D eigenvalue weighted by atomic mass is 9.93. The number of amides is 2. The van der Waals surface area contributed by atoms with Crippen LogP contribution in [0.5, 0.6) is 0 Å². The highest BCUT2D eigenvalue weighted by Crippen LogP contribution is 2.32. The number of ether oxygens (including phenoxy) is 1. The lowest BCUT2D eigenvalue weighted by Crippen LogP contribution is -2.35. The third-order valence-corrected chi connectivity index (χ3v) is 4.03. The minimum Gasteiger partial charge on any atom is -0.466 e. The summed E-state index contributed by atoms with van der Waals surface area (Å²) in [7, 11) is 0. The van der Waals surface area contributed by atoms with Crippen molar-refractivity contribution in [3.05, 3.63) is 41.6 Å². The number of fused-ring (bicyclic) bond motifs is 1. The molecule has 1 N–H and O–H groups in total. The van der Waals surface area contributed by atoms with E-state index in [2.05, 4.69) is 5.32 Å². The molecule has 1 unspecified atom stereocenters. The SMILES string of the molecule is CCOC(=O)CCCNC(=O)CC1c2ccccc2C=CN1C(C)=O. The summed E-state index contributed by atoms with van der Waals surface area (Å²) in [5.41, 5.74) is 1.97. The van der Waals surface area contributed by atoms with Crippen LogP contribution in [0.1, 0.15) is 50.3 Å². The fraction of sp³-hybridized carbons (Fsp3) is 0.421. The normalized spacial score (nSPS) is 15.4. The molecule has 0 spiro atoms. The molecule has 0 bridgehead atoms. The Morgan fingerprint density at radius 2 is 2.00 bits per heavy atom. The molecule has 1 aliphatic rings. The predicted molar refractivity (Wildman–Crippen MR) is 94.2 cm³/mol. The van der Waals surface area contributed by atoms with E-state index >= 15 is 0 Å². The molecule has 0 fully saturated rings. The third-order valence-electron chi connectivity index (χ3n) is 4.03. The zero-order valence-electron chi connectivity index (χ0n) is 14.7. The highest BCUT2D eigenvalue weighted by atomic mass is 16.5. The van der Waals surface area contributed by atoms with Crippen LogP contribution in [0.15, 0.2) is 30.5 Å². The summed E-state index contributed by atoms with van der Waals surface area (Å²) < 4.78 is 4.85. The number of nitrogens with one attached hydrogen (secondary N) is 1. The maximum absolute atomic E-state index is 12.3. The van der Waals surface area contributed by atoms with Crippen LogP contribution >= 0.6 is 0 Å². The van der Waals surface area contributed by atoms with Gasteiger partial charge in [0.05, 0.1) is 19.1 Å². The number of nitrogens with zero attached hydrogens (tertiary/aromatic N) is 1. The Balaban J connectivity index is 1.92. The maximum Gasteiger partial charge on any atom is 0.305 e. The monoisotopic (exact) mass is 344 g/mol. The van der Waals surface area contributed by atoms with Crippen molar-refractivity contribution in [2.24, 2.45) is 0 Å². The van der Waals surface area contributed by atoms with E-state index in [4.69, 9.17) is 4.74 Å². The van der Waals surface area contributed by atoms with Crippen LogP contribution in [0, 0.1) is 0 Å². The zero-order chi connectivity index (χ0) is 18.2. The van der Waals surface area contributed by atoms with E-state index in [0.717, 1.165) is 11.1 Å². The second-order valence-corrected chi connectivity index (χ2v) is 5.85. The van der Waals surface area contributed by atoms with Gasteiger partial charge in [0.15, 0.2) is 0 Å². The Kier molecular flexibility index (Phi) is 6.74. The van der Waals surface area contributed by atoms with E-state index in [-0.39, 0.29) is 36.7 Å². The van der Waals surface area contributed by atoms with Gasteiger partial charge in [-0.15, -0.1) is 0 Å². The molecule has 0 aliphatic carbocycles. The standard InChI is InChI=1S/C19H24N2O4/c1-3-25-19(24)9-6-11-20-18(23)13-17-16-8-5-4-7-15(16)10-12-21(17)14(2)22/h4-5,7-8,10,12,17H,3,6,9,11,13H2,1-2H3,(H,20,23). The van der Waals surface area contributed by atoms with E-state index in [1.807, 2.05) is 30.3 Å². The van der Waals surface area contributed by atoms with Crippen LogP contribution in [0.4, 0.5) is 0 Å².